The van der Waals surface area contributed by atoms with Crippen molar-refractivity contribution in [2.24, 2.45) is 0 Å². The molecule has 37 heteroatoms. The lowest BCUT2D eigenvalue weighted by Gasteiger charge is -2.31. The predicted molar refractivity (Wildman–Crippen MR) is 378 cm³/mol. The van der Waals surface area contributed by atoms with E-state index >= 15 is 38.4 Å². The van der Waals surface area contributed by atoms with Gasteiger partial charge in [-0.2, -0.15) is 0 Å². The van der Waals surface area contributed by atoms with E-state index in [1.54, 1.807) is 91.3 Å². The smallest absolute Gasteiger partial charge is 0.305 e. The first kappa shape index (κ1) is 75.5. The zero-order valence-corrected chi connectivity index (χ0v) is 58.3. The number of hydrogen-bond acceptors (Lipinski definition) is 19. The summed E-state index contributed by atoms with van der Waals surface area (Å²) in [5.41, 5.74) is 3.36. The molecule has 34 nitrogen and oxygen atoms in total. The molecule has 3 fully saturated rings. The Morgan fingerprint density at radius 1 is 0.462 bits per heavy atom. The van der Waals surface area contributed by atoms with Crippen molar-refractivity contribution in [3.63, 3.8) is 0 Å². The summed E-state index contributed by atoms with van der Waals surface area (Å²) in [4.78, 5) is 225. The summed E-state index contributed by atoms with van der Waals surface area (Å²) < 4.78 is 0. The van der Waals surface area contributed by atoms with Crippen LogP contribution in [0.1, 0.15) is 61.2 Å². The van der Waals surface area contributed by atoms with Crippen LogP contribution in [0.2, 0.25) is 0 Å². The highest BCUT2D eigenvalue weighted by atomic mass is 33.1. The minimum absolute atomic E-state index is 0.0637. The molecule has 10 rings (SSSR count). The largest absolute Gasteiger partial charge is 0.481 e. The third-order valence-electron chi connectivity index (χ3n) is 17.4. The van der Waals surface area contributed by atoms with Gasteiger partial charge in [-0.25, -0.2) is 9.97 Å². The lowest BCUT2D eigenvalue weighted by molar-refractivity contribution is -0.141. The Balaban J connectivity index is 1.09. The van der Waals surface area contributed by atoms with Crippen LogP contribution in [0.3, 0.4) is 0 Å². The first-order valence-electron chi connectivity index (χ1n) is 33.0. The number of para-hydroxylation sites is 2. The van der Waals surface area contributed by atoms with Crippen molar-refractivity contribution in [3.8, 4) is 0 Å². The molecular weight excluding hydrogens is 1410 g/mol. The zero-order valence-electron chi connectivity index (χ0n) is 55.9. The van der Waals surface area contributed by atoms with Gasteiger partial charge in [0, 0.05) is 96.6 Å². The predicted octanol–water partition coefficient (Wildman–Crippen LogP) is -1.41. The molecule has 0 aliphatic carbocycles. The van der Waals surface area contributed by atoms with Crippen LogP contribution < -0.4 is 58.5 Å². The number of carbonyl (C=O) groups is 14. The van der Waals surface area contributed by atoms with E-state index in [9.17, 15) is 39.0 Å². The number of hydrogen-bond donors (Lipinski definition) is 17. The van der Waals surface area contributed by atoms with Gasteiger partial charge in [-0.3, -0.25) is 67.1 Å². The van der Waals surface area contributed by atoms with Gasteiger partial charge in [-0.15, -0.1) is 11.8 Å². The molecule has 4 aromatic heterocycles. The monoisotopic (exact) mass is 1480 g/mol. The number of carboxylic acids is 2. The zero-order chi connectivity index (χ0) is 74.1. The van der Waals surface area contributed by atoms with E-state index in [4.69, 9.17) is 0 Å². The molecule has 548 valence electrons. The van der Waals surface area contributed by atoms with Gasteiger partial charge in [0.15, 0.2) is 5.37 Å². The van der Waals surface area contributed by atoms with Gasteiger partial charge in [0.05, 0.1) is 36.3 Å². The fourth-order valence-corrected chi connectivity index (χ4v) is 15.4. The average molecular weight is 1490 g/mol. The first-order chi connectivity index (χ1) is 49.9. The van der Waals surface area contributed by atoms with E-state index in [1.165, 1.54) is 32.0 Å². The highest BCUT2D eigenvalue weighted by Gasteiger charge is 2.43. The molecule has 7 aromatic rings. The van der Waals surface area contributed by atoms with E-state index in [1.807, 2.05) is 0 Å². The Morgan fingerprint density at radius 2 is 0.913 bits per heavy atom. The van der Waals surface area contributed by atoms with Gasteiger partial charge >= 0.3 is 11.9 Å². The number of aliphatic carboxylic acids is 2. The second kappa shape index (κ2) is 35.1. The molecule has 0 unspecified atom stereocenters. The van der Waals surface area contributed by atoms with Gasteiger partial charge in [-0.1, -0.05) is 88.3 Å². The van der Waals surface area contributed by atoms with Crippen molar-refractivity contribution in [1.29, 1.82) is 0 Å². The van der Waals surface area contributed by atoms with Crippen molar-refractivity contribution in [3.05, 3.63) is 144 Å². The van der Waals surface area contributed by atoms with Crippen LogP contribution in [0.15, 0.2) is 116 Å². The molecule has 104 heavy (non-hydrogen) atoms. The number of fused-ring (bicyclic) bond motifs is 7. The number of aromatic nitrogens is 6. The Hall–Kier alpha value is -11.2. The SMILES string of the molecule is C[C@@H]1NC(=O)[C@H](CCC(=O)O)NC(=O)[C@H](CC(=O)O)NC(=O)[C@H](C)NC(=O)[C@@H]2CSS[C@H](NC(=O)[C@H](Cc3c[nH]c4ccccc34)NC1=O)C(=O)N1CSC[C@H]1C(=O)N[C@@H](Cc1c[nH]cn1)C(=O)N[C@H](Cc1ccccc1)C(=O)N[C@@H](Cc1c[nH]cn1)C(=O)N[C@@H](Cc1c[nH]c3ccccc13)C(=O)N2. The molecule has 0 radical (unpaired) electrons. The third-order valence-corrected chi connectivity index (χ3v) is 20.9. The summed E-state index contributed by atoms with van der Waals surface area (Å²) in [6.45, 7) is 2.36. The molecule has 7 heterocycles. The number of imidazole rings is 2. The van der Waals surface area contributed by atoms with E-state index < -0.39 is 180 Å². The minimum Gasteiger partial charge on any atom is -0.481 e. The summed E-state index contributed by atoms with van der Waals surface area (Å²) >= 11 is 1.14. The van der Waals surface area contributed by atoms with E-state index in [0.717, 1.165) is 34.4 Å². The van der Waals surface area contributed by atoms with Crippen LogP contribution in [0.5, 0.6) is 0 Å². The molecule has 0 saturated carbocycles. The minimum atomic E-state index is -2.01. The molecule has 3 saturated heterocycles. The summed E-state index contributed by atoms with van der Waals surface area (Å²) in [6, 6.07) is 4.48. The van der Waals surface area contributed by atoms with E-state index in [-0.39, 0.29) is 49.4 Å². The molecular formula is C67H76N18O16S3. The van der Waals surface area contributed by atoms with Gasteiger partial charge < -0.3 is 93.5 Å². The van der Waals surface area contributed by atoms with Gasteiger partial charge in [-0.05, 0) is 49.1 Å². The molecule has 12 amide bonds. The van der Waals surface area contributed by atoms with Crippen LogP contribution >= 0.6 is 33.3 Å². The average Bonchev–Trinajstić information content (AvgIpc) is 1.78. The fourth-order valence-electron chi connectivity index (χ4n) is 11.8. The standard InChI is InChI=1S/C67H76N18O16S3/c1-33-55(90)77-47(20-37-25-71-43-15-9-7-13-41(37)43)63(98)84-66-67(101)85-32-102-29-52(85)65(100)82-49(22-39-27-69-31-73-39)61(96)79-45(18-35-10-4-3-5-11-35)58(93)81-48(21-38-26-68-30-72-38)60(95)80-46(19-36-24-70-42-14-8-6-12-40(36)42)59(94)83-51(28-103-104-66)64(99)75-34(2)56(91)78-50(23-54(88)89)62(97)76-44(57(92)74-33)16-17-53(86)87/h3-15,24-27,30-31,33-34,44-52,66,70-71H,16-23,28-29,32H2,1-2H3,(H,68,72)(H,69,73)(H,74,92)(H,75,99)(H,76,97)(H,77,90)(H,78,91)(H,79,96)(H,80,95)(H,81,93)(H,82,100)(H,83,94)(H,84,98)(H,86,87)(H,88,89)/t33-,34-,44-,45+,46-,47-,48-,49-,50-,51-,52-,66-/m0/s1. The summed E-state index contributed by atoms with van der Waals surface area (Å²) in [6.07, 6.45) is 5.01. The normalized spacial score (nSPS) is 25.2. The molecule has 2 bridgehead atoms. The van der Waals surface area contributed by atoms with Crippen LogP contribution in [0.25, 0.3) is 21.8 Å². The molecule has 17 N–H and O–H groups in total. The lowest BCUT2D eigenvalue weighted by atomic mass is 10.0. The maximum Gasteiger partial charge on any atom is 0.305 e. The van der Waals surface area contributed by atoms with E-state index in [0.29, 0.717) is 55.0 Å². The number of amides is 12. The van der Waals surface area contributed by atoms with Crippen LogP contribution in [-0.4, -0.2) is 217 Å². The Bertz CT molecular complexity index is 4330. The summed E-state index contributed by atoms with van der Waals surface area (Å²) in [5, 5.41) is 47.7. The van der Waals surface area contributed by atoms with Gasteiger partial charge in [0.2, 0.25) is 65.0 Å². The molecule has 3 aliphatic heterocycles. The van der Waals surface area contributed by atoms with Crippen LogP contribution in [-0.2, 0) is 99.2 Å². The Kier molecular flexibility index (Phi) is 25.5. The summed E-state index contributed by atoms with van der Waals surface area (Å²) in [5.74, 6) is -16.2. The molecule has 3 aromatic carbocycles. The third kappa shape index (κ3) is 19.9. The lowest BCUT2D eigenvalue weighted by Crippen LogP contribution is -2.62. The maximum absolute atomic E-state index is 15.6. The number of rotatable bonds is 15. The number of thioether (sulfide) groups is 1. The van der Waals surface area contributed by atoms with Crippen molar-refractivity contribution in [1.82, 2.24) is 93.3 Å². The summed E-state index contributed by atoms with van der Waals surface area (Å²) in [7, 11) is 1.37. The number of nitrogens with one attached hydrogen (secondary N) is 15. The number of carboxylic acid groups (broad SMARTS) is 2. The number of carbonyl (C=O) groups excluding carboxylic acids is 12. The van der Waals surface area contributed by atoms with Crippen molar-refractivity contribution in [2.75, 3.05) is 17.4 Å². The number of H-pyrrole nitrogens is 4. The molecule has 3 aliphatic rings. The second-order valence-electron chi connectivity index (χ2n) is 24.9. The first-order valence-corrected chi connectivity index (χ1v) is 36.5. The Labute approximate surface area is 604 Å². The molecule has 12 atom stereocenters. The van der Waals surface area contributed by atoms with Crippen molar-refractivity contribution in [2.45, 2.75) is 137 Å². The topological polar surface area (TPSA) is 504 Å². The van der Waals surface area contributed by atoms with Crippen molar-refractivity contribution >= 4 is 138 Å². The highest BCUT2D eigenvalue weighted by Crippen LogP contribution is 2.32. The van der Waals surface area contributed by atoms with Crippen LogP contribution in [0, 0.1) is 0 Å². The molecule has 0 spiro atoms. The maximum atomic E-state index is 15.6. The fraction of sp³-hybridized carbons (Fsp3) is 0.373. The van der Waals surface area contributed by atoms with E-state index in [2.05, 4.69) is 88.4 Å². The number of aromatic amines is 4. The van der Waals surface area contributed by atoms with Crippen molar-refractivity contribution < 1.29 is 77.3 Å². The van der Waals surface area contributed by atoms with Gasteiger partial charge in [0.1, 0.15) is 66.5 Å². The van der Waals surface area contributed by atoms with Gasteiger partial charge in [0.25, 0.3) is 5.91 Å². The second-order valence-corrected chi connectivity index (χ2v) is 28.4. The van der Waals surface area contributed by atoms with Crippen LogP contribution in [0.4, 0.5) is 0 Å². The highest BCUT2D eigenvalue weighted by molar-refractivity contribution is 8.77. The Morgan fingerprint density at radius 3 is 1.45 bits per heavy atom. The number of nitrogens with zero attached hydrogens (tertiary/aromatic N) is 3. The number of benzene rings is 3. The quantitative estimate of drug-likeness (QED) is 0.0524.